The van der Waals surface area contributed by atoms with E-state index in [4.69, 9.17) is 0 Å². The molecule has 104 valence electrons. The predicted molar refractivity (Wildman–Crippen MR) is 67.2 cm³/mol. The summed E-state index contributed by atoms with van der Waals surface area (Å²) in [6, 6.07) is 1.12. The molecule has 0 atom stereocenters. The molecule has 0 aromatic carbocycles. The van der Waals surface area contributed by atoms with Gasteiger partial charge in [-0.25, -0.2) is 4.98 Å². The standard InChI is InChI=1S/C9H10N8O3/c1-10-7-6(3-5(4-11-7)17(19)20)8(18)12-9-13-15-16(2)14-9/h3-4H,1-2H3,(H,10,11)(H,12,14,18). The maximum Gasteiger partial charge on any atom is 0.288 e. The van der Waals surface area contributed by atoms with Crippen molar-refractivity contribution < 1.29 is 9.72 Å². The first kappa shape index (κ1) is 13.3. The SMILES string of the molecule is CNc1ncc([N+](=O)[O-])cc1C(=O)Nc1nnn(C)n1. The van der Waals surface area contributed by atoms with Crippen molar-refractivity contribution in [3.8, 4) is 0 Å². The lowest BCUT2D eigenvalue weighted by Crippen LogP contribution is -2.16. The van der Waals surface area contributed by atoms with Crippen LogP contribution in [0.2, 0.25) is 0 Å². The zero-order valence-corrected chi connectivity index (χ0v) is 10.6. The number of anilines is 2. The second-order valence-electron chi connectivity index (χ2n) is 3.65. The van der Waals surface area contributed by atoms with Gasteiger partial charge in [-0.3, -0.25) is 20.2 Å². The summed E-state index contributed by atoms with van der Waals surface area (Å²) in [6.45, 7) is 0. The zero-order valence-electron chi connectivity index (χ0n) is 10.6. The second kappa shape index (κ2) is 5.26. The second-order valence-corrected chi connectivity index (χ2v) is 3.65. The van der Waals surface area contributed by atoms with E-state index in [1.54, 1.807) is 7.05 Å². The quantitative estimate of drug-likeness (QED) is 0.578. The first-order chi connectivity index (χ1) is 9.51. The molecule has 0 aliphatic rings. The van der Waals surface area contributed by atoms with Gasteiger partial charge in [0, 0.05) is 13.1 Å². The zero-order chi connectivity index (χ0) is 14.7. The summed E-state index contributed by atoms with van der Waals surface area (Å²) in [5, 5.41) is 26.7. The molecular weight excluding hydrogens is 268 g/mol. The predicted octanol–water partition coefficient (Wildman–Crippen LogP) is -0.193. The molecule has 0 saturated heterocycles. The van der Waals surface area contributed by atoms with E-state index in [-0.39, 0.29) is 23.0 Å². The van der Waals surface area contributed by atoms with Gasteiger partial charge in [-0.1, -0.05) is 5.10 Å². The Morgan fingerprint density at radius 2 is 2.25 bits per heavy atom. The van der Waals surface area contributed by atoms with Crippen molar-refractivity contribution in [2.24, 2.45) is 7.05 Å². The first-order valence-corrected chi connectivity index (χ1v) is 5.39. The van der Waals surface area contributed by atoms with Crippen LogP contribution in [0.5, 0.6) is 0 Å². The number of hydrogen-bond donors (Lipinski definition) is 2. The Labute approximate surface area is 112 Å². The smallest absolute Gasteiger partial charge is 0.288 e. The minimum absolute atomic E-state index is 0.00828. The van der Waals surface area contributed by atoms with E-state index < -0.39 is 10.8 Å². The Bertz CT molecular complexity index is 667. The van der Waals surface area contributed by atoms with Crippen LogP contribution in [0.4, 0.5) is 17.5 Å². The van der Waals surface area contributed by atoms with Gasteiger partial charge in [-0.15, -0.1) is 5.10 Å². The molecule has 0 aliphatic carbocycles. The third-order valence-corrected chi connectivity index (χ3v) is 2.30. The minimum Gasteiger partial charge on any atom is -0.372 e. The normalized spacial score (nSPS) is 10.1. The molecule has 0 aliphatic heterocycles. The molecule has 11 heteroatoms. The molecule has 11 nitrogen and oxygen atoms in total. The Balaban J connectivity index is 2.32. The molecular formula is C9H10N8O3. The molecule has 0 unspecified atom stereocenters. The summed E-state index contributed by atoms with van der Waals surface area (Å²) in [5.41, 5.74) is -0.282. The van der Waals surface area contributed by atoms with Crippen LogP contribution in [0.15, 0.2) is 12.3 Å². The van der Waals surface area contributed by atoms with Crippen molar-refractivity contribution in [1.82, 2.24) is 25.2 Å². The van der Waals surface area contributed by atoms with E-state index in [1.807, 2.05) is 0 Å². The van der Waals surface area contributed by atoms with E-state index >= 15 is 0 Å². The van der Waals surface area contributed by atoms with Crippen LogP contribution < -0.4 is 10.6 Å². The third-order valence-electron chi connectivity index (χ3n) is 2.30. The highest BCUT2D eigenvalue weighted by Gasteiger charge is 2.18. The summed E-state index contributed by atoms with van der Waals surface area (Å²) in [5.74, 6) is -0.429. The lowest BCUT2D eigenvalue weighted by molar-refractivity contribution is -0.385. The molecule has 0 radical (unpaired) electrons. The van der Waals surface area contributed by atoms with E-state index in [2.05, 4.69) is 31.0 Å². The number of nitro groups is 1. The summed E-state index contributed by atoms with van der Waals surface area (Å²) < 4.78 is 0. The monoisotopic (exact) mass is 278 g/mol. The topological polar surface area (TPSA) is 141 Å². The highest BCUT2D eigenvalue weighted by atomic mass is 16.6. The van der Waals surface area contributed by atoms with Crippen LogP contribution >= 0.6 is 0 Å². The Kier molecular flexibility index (Phi) is 3.50. The number of amides is 1. The van der Waals surface area contributed by atoms with Crippen LogP contribution in [0.1, 0.15) is 10.4 Å². The van der Waals surface area contributed by atoms with Crippen molar-refractivity contribution >= 4 is 23.4 Å². The van der Waals surface area contributed by atoms with Crippen molar-refractivity contribution in [3.05, 3.63) is 27.9 Å². The number of carbonyl (C=O) groups is 1. The highest BCUT2D eigenvalue weighted by molar-refractivity contribution is 6.07. The largest absolute Gasteiger partial charge is 0.372 e. The molecule has 2 heterocycles. The average Bonchev–Trinajstić information content (AvgIpc) is 2.83. The summed E-state index contributed by atoms with van der Waals surface area (Å²) in [4.78, 5) is 27.1. The van der Waals surface area contributed by atoms with Gasteiger partial charge < -0.3 is 5.32 Å². The maximum absolute atomic E-state index is 12.0. The molecule has 0 saturated carbocycles. The number of tetrazole rings is 1. The number of hydrogen-bond acceptors (Lipinski definition) is 8. The summed E-state index contributed by atoms with van der Waals surface area (Å²) in [6.07, 6.45) is 1.06. The van der Waals surface area contributed by atoms with Crippen molar-refractivity contribution in [1.29, 1.82) is 0 Å². The van der Waals surface area contributed by atoms with E-state index in [0.717, 1.165) is 12.3 Å². The molecule has 2 aromatic heterocycles. The lowest BCUT2D eigenvalue weighted by atomic mass is 10.2. The van der Waals surface area contributed by atoms with Crippen LogP contribution in [-0.2, 0) is 7.05 Å². The number of aryl methyl sites for hydroxylation is 1. The third kappa shape index (κ3) is 2.66. The van der Waals surface area contributed by atoms with Crippen LogP contribution in [0, 0.1) is 10.1 Å². The number of rotatable bonds is 4. The summed E-state index contributed by atoms with van der Waals surface area (Å²) >= 11 is 0. The number of nitrogens with one attached hydrogen (secondary N) is 2. The van der Waals surface area contributed by atoms with Gasteiger partial charge in [0.1, 0.15) is 12.0 Å². The Morgan fingerprint density at radius 3 is 2.80 bits per heavy atom. The van der Waals surface area contributed by atoms with Crippen molar-refractivity contribution in [2.75, 3.05) is 17.7 Å². The number of pyridine rings is 1. The van der Waals surface area contributed by atoms with Gasteiger partial charge in [0.05, 0.1) is 17.5 Å². The van der Waals surface area contributed by atoms with Gasteiger partial charge in [-0.2, -0.15) is 4.80 Å². The van der Waals surface area contributed by atoms with Gasteiger partial charge in [0.25, 0.3) is 17.5 Å². The van der Waals surface area contributed by atoms with E-state index in [0.29, 0.717) is 0 Å². The molecule has 1 amide bonds. The fraction of sp³-hybridized carbons (Fsp3) is 0.222. The Hall–Kier alpha value is -3.11. The van der Waals surface area contributed by atoms with Crippen molar-refractivity contribution in [3.63, 3.8) is 0 Å². The van der Waals surface area contributed by atoms with Crippen LogP contribution in [0.25, 0.3) is 0 Å². The van der Waals surface area contributed by atoms with Gasteiger partial charge in [0.2, 0.25) is 0 Å². The summed E-state index contributed by atoms with van der Waals surface area (Å²) in [7, 11) is 3.09. The minimum atomic E-state index is -0.635. The van der Waals surface area contributed by atoms with E-state index in [9.17, 15) is 14.9 Å². The number of carbonyl (C=O) groups excluding carboxylic acids is 1. The van der Waals surface area contributed by atoms with Crippen molar-refractivity contribution in [2.45, 2.75) is 0 Å². The Morgan fingerprint density at radius 1 is 1.50 bits per heavy atom. The van der Waals surface area contributed by atoms with E-state index in [1.165, 1.54) is 11.8 Å². The molecule has 0 fully saturated rings. The highest BCUT2D eigenvalue weighted by Crippen LogP contribution is 2.19. The molecule has 20 heavy (non-hydrogen) atoms. The molecule has 2 rings (SSSR count). The number of aromatic nitrogens is 5. The fourth-order valence-electron chi connectivity index (χ4n) is 1.43. The van der Waals surface area contributed by atoms with Gasteiger partial charge >= 0.3 is 0 Å². The van der Waals surface area contributed by atoms with Gasteiger partial charge in [-0.05, 0) is 5.21 Å². The first-order valence-electron chi connectivity index (χ1n) is 5.39. The van der Waals surface area contributed by atoms with Crippen LogP contribution in [0.3, 0.4) is 0 Å². The fourth-order valence-corrected chi connectivity index (χ4v) is 1.43. The molecule has 2 N–H and O–H groups in total. The van der Waals surface area contributed by atoms with Gasteiger partial charge in [0.15, 0.2) is 0 Å². The molecule has 0 bridgehead atoms. The molecule has 2 aromatic rings. The lowest BCUT2D eigenvalue weighted by Gasteiger charge is -2.06. The number of nitrogens with zero attached hydrogens (tertiary/aromatic N) is 6. The van der Waals surface area contributed by atoms with Crippen LogP contribution in [-0.4, -0.2) is 43.1 Å². The maximum atomic E-state index is 12.0. The average molecular weight is 278 g/mol. The molecule has 0 spiro atoms.